The van der Waals surface area contributed by atoms with Gasteiger partial charge in [-0.05, 0) is 0 Å². The zero-order valence-corrected chi connectivity index (χ0v) is 5.26. The molecule has 0 saturated heterocycles. The lowest BCUT2D eigenvalue weighted by Crippen LogP contribution is -3.07. The van der Waals surface area contributed by atoms with Crippen molar-refractivity contribution in [1.82, 2.24) is 0 Å². The average molecular weight is 117 g/mol. The maximum atomic E-state index is 8.26. The van der Waals surface area contributed by atoms with Crippen molar-refractivity contribution in [2.24, 2.45) is 0 Å². The average Bonchev–Trinajstić information content (AvgIpc) is 1.27. The van der Waals surface area contributed by atoms with Gasteiger partial charge in [0.2, 0.25) is 6.29 Å². The van der Waals surface area contributed by atoms with Crippen molar-refractivity contribution in [3.8, 4) is 0 Å². The van der Waals surface area contributed by atoms with Crippen molar-refractivity contribution in [3.63, 3.8) is 0 Å². The summed E-state index contributed by atoms with van der Waals surface area (Å²) in [7, 11) is 3.72. The van der Waals surface area contributed by atoms with Gasteiger partial charge in [0.25, 0.3) is 0 Å². The molecule has 0 bridgehead atoms. The summed E-state index contributed by atoms with van der Waals surface area (Å²) in [5.41, 5.74) is 0. The van der Waals surface area contributed by atoms with Crippen LogP contribution < -0.4 is 4.90 Å². The third-order valence-corrected chi connectivity index (χ3v) is 0.591. The molecule has 0 aromatic heterocycles. The van der Waals surface area contributed by atoms with Crippen molar-refractivity contribution in [2.45, 2.75) is 6.29 Å². The van der Waals surface area contributed by atoms with Crippen molar-refractivity contribution in [2.75, 3.05) is 20.6 Å². The molecule has 3 nitrogen and oxygen atoms in total. The van der Waals surface area contributed by atoms with Crippen LogP contribution in [0, 0.1) is 0 Å². The second-order valence-electron chi connectivity index (χ2n) is 1.89. The smallest absolute Gasteiger partial charge is 0.202 e. The number of hydrogen-bond acceptors (Lipinski definition) is 2. The van der Waals surface area contributed by atoms with Crippen LogP contribution in [0.25, 0.3) is 0 Å². The van der Waals surface area contributed by atoms with E-state index in [1.807, 2.05) is 14.1 Å². The lowest BCUT2D eigenvalue weighted by Gasteiger charge is -2.06. The van der Waals surface area contributed by atoms with Gasteiger partial charge in [-0.25, -0.2) is 0 Å². The van der Waals surface area contributed by atoms with Gasteiger partial charge in [-0.2, -0.15) is 0 Å². The van der Waals surface area contributed by atoms with Crippen LogP contribution in [0.1, 0.15) is 0 Å². The first-order valence-corrected chi connectivity index (χ1v) is 2.28. The summed E-state index contributed by atoms with van der Waals surface area (Å²) < 4.78 is 0. The van der Waals surface area contributed by atoms with E-state index in [1.165, 1.54) is 0 Å². The van der Waals surface area contributed by atoms with Crippen LogP contribution in [0.2, 0.25) is 0 Å². The Morgan fingerprint density at radius 1 is 1.38 bits per heavy atom. The van der Waals surface area contributed by atoms with Gasteiger partial charge in [0.15, 0.2) is 0 Å². The highest BCUT2D eigenvalue weighted by atomic mass is 16.5. The van der Waals surface area contributed by atoms with Crippen LogP contribution >= 0.6 is 0 Å². The molecule has 0 fully saturated rings. The third kappa shape index (κ3) is 9.34. The van der Waals surface area contributed by atoms with Crippen LogP contribution in [0.4, 0.5) is 0 Å². The minimum atomic E-state index is -1.16. The molecule has 0 saturated carbocycles. The standard InChI is InChI=1S/C4H11NO2.B/c1-5(2)3-4(6)7;/h4,6-7H,3H2,1-2H3;/q;-1/p+1. The van der Waals surface area contributed by atoms with E-state index in [9.17, 15) is 0 Å². The minimum Gasteiger partial charge on any atom is -1.00 e. The van der Waals surface area contributed by atoms with Crippen LogP contribution in [0.15, 0.2) is 0 Å². The maximum absolute atomic E-state index is 8.26. The Morgan fingerprint density at radius 3 is 1.75 bits per heavy atom. The molecule has 0 atom stereocenters. The normalized spacial score (nSPS) is 9.75. The summed E-state index contributed by atoms with van der Waals surface area (Å²) in [5.74, 6) is 0. The summed E-state index contributed by atoms with van der Waals surface area (Å²) in [6.45, 7) is 0.389. The SMILES string of the molecule is C[NH+](C)CC(O)O.[B-]. The lowest BCUT2D eigenvalue weighted by atomic mass is 10.6. The maximum Gasteiger partial charge on any atom is 0.202 e. The molecule has 0 spiro atoms. The fraction of sp³-hybridized carbons (Fsp3) is 1.00. The van der Waals surface area contributed by atoms with E-state index in [2.05, 4.69) is 0 Å². The summed E-state index contributed by atoms with van der Waals surface area (Å²) >= 11 is 0. The summed E-state index contributed by atoms with van der Waals surface area (Å²) in [6.07, 6.45) is -1.16. The fourth-order valence-electron chi connectivity index (χ4n) is 0.365. The first-order chi connectivity index (χ1) is 3.13. The highest BCUT2D eigenvalue weighted by Crippen LogP contribution is 1.59. The molecule has 0 unspecified atom stereocenters. The molecule has 0 amide bonds. The largest absolute Gasteiger partial charge is 1.00 e. The highest BCUT2D eigenvalue weighted by Gasteiger charge is 1.99. The van der Waals surface area contributed by atoms with Crippen LogP contribution in [0.3, 0.4) is 0 Å². The molecule has 0 rings (SSSR count). The summed E-state index contributed by atoms with van der Waals surface area (Å²) in [5, 5.41) is 16.5. The van der Waals surface area contributed by atoms with Crippen molar-refractivity contribution < 1.29 is 15.1 Å². The van der Waals surface area contributed by atoms with Crippen molar-refractivity contribution >= 4 is 8.41 Å². The number of hydrogen-bond donors (Lipinski definition) is 3. The minimum absolute atomic E-state index is 0. The van der Waals surface area contributed by atoms with Crippen molar-refractivity contribution in [3.05, 3.63) is 0 Å². The molecule has 4 heteroatoms. The number of quaternary nitrogens is 1. The van der Waals surface area contributed by atoms with Crippen molar-refractivity contribution in [1.29, 1.82) is 0 Å². The van der Waals surface area contributed by atoms with E-state index in [1.54, 1.807) is 0 Å². The molecular formula is C4H12BNO2. The number of likely N-dealkylation sites (N-methyl/N-ethyl adjacent to an activating group) is 1. The molecule has 0 aliphatic heterocycles. The van der Waals surface area contributed by atoms with Gasteiger partial charge in [-0.1, -0.05) is 0 Å². The molecular weight excluding hydrogens is 105 g/mol. The molecule has 0 heterocycles. The monoisotopic (exact) mass is 117 g/mol. The number of aliphatic hydroxyl groups excluding tert-OH is 1. The Labute approximate surface area is 51.5 Å². The van der Waals surface area contributed by atoms with Crippen LogP contribution in [-0.2, 0) is 0 Å². The Kier molecular flexibility index (Phi) is 6.90. The molecule has 4 radical (unpaired) electrons. The molecule has 0 aromatic carbocycles. The van der Waals surface area contributed by atoms with E-state index in [0.717, 1.165) is 4.90 Å². The van der Waals surface area contributed by atoms with Gasteiger partial charge in [0, 0.05) is 0 Å². The molecule has 0 aliphatic carbocycles. The number of nitrogens with one attached hydrogen (secondary N) is 1. The van der Waals surface area contributed by atoms with E-state index in [0.29, 0.717) is 6.54 Å². The molecule has 3 N–H and O–H groups in total. The second kappa shape index (κ2) is 5.09. The second-order valence-corrected chi connectivity index (χ2v) is 1.89. The van der Waals surface area contributed by atoms with Crippen LogP contribution in [-0.4, -0.2) is 45.6 Å². The summed E-state index contributed by atoms with van der Waals surface area (Å²) in [6, 6.07) is 0. The zero-order valence-electron chi connectivity index (χ0n) is 5.26. The first-order valence-electron chi connectivity index (χ1n) is 2.28. The van der Waals surface area contributed by atoms with Gasteiger partial charge in [0.1, 0.15) is 6.54 Å². The van der Waals surface area contributed by atoms with Gasteiger partial charge in [0.05, 0.1) is 14.1 Å². The molecule has 0 aliphatic rings. The lowest BCUT2D eigenvalue weighted by molar-refractivity contribution is -0.865. The number of rotatable bonds is 2. The van der Waals surface area contributed by atoms with Gasteiger partial charge >= 0.3 is 0 Å². The third-order valence-electron chi connectivity index (χ3n) is 0.591. The van der Waals surface area contributed by atoms with E-state index < -0.39 is 6.29 Å². The van der Waals surface area contributed by atoms with Gasteiger partial charge < -0.3 is 23.5 Å². The highest BCUT2D eigenvalue weighted by molar-refractivity contribution is 5.75. The molecule has 0 aromatic rings. The molecule has 8 heavy (non-hydrogen) atoms. The Morgan fingerprint density at radius 2 is 1.75 bits per heavy atom. The van der Waals surface area contributed by atoms with E-state index in [4.69, 9.17) is 10.2 Å². The van der Waals surface area contributed by atoms with E-state index in [-0.39, 0.29) is 8.41 Å². The zero-order chi connectivity index (χ0) is 5.86. The predicted molar refractivity (Wildman–Crippen MR) is 31.7 cm³/mol. The Hall–Kier alpha value is -0.0551. The quantitative estimate of drug-likeness (QED) is 0.267. The Balaban J connectivity index is 0. The number of aliphatic hydroxyl groups is 2. The summed E-state index contributed by atoms with van der Waals surface area (Å²) in [4.78, 5) is 1.04. The molecule has 48 valence electrons. The van der Waals surface area contributed by atoms with E-state index >= 15 is 0 Å². The first kappa shape index (κ1) is 10.8. The topological polar surface area (TPSA) is 44.9 Å². The predicted octanol–water partition coefficient (Wildman–Crippen LogP) is -2.94. The van der Waals surface area contributed by atoms with Gasteiger partial charge in [-0.15, -0.1) is 0 Å². The van der Waals surface area contributed by atoms with Gasteiger partial charge in [-0.3, -0.25) is 0 Å². The van der Waals surface area contributed by atoms with Crippen LogP contribution in [0.5, 0.6) is 0 Å². The fourth-order valence-corrected chi connectivity index (χ4v) is 0.365. The Bertz CT molecular complexity index is 43.3.